The van der Waals surface area contributed by atoms with Gasteiger partial charge in [0.05, 0.1) is 5.52 Å². The summed E-state index contributed by atoms with van der Waals surface area (Å²) in [5, 5.41) is 10.8. The fourth-order valence-electron chi connectivity index (χ4n) is 3.07. The summed E-state index contributed by atoms with van der Waals surface area (Å²) in [6.07, 6.45) is 2.15. The first-order valence-electron chi connectivity index (χ1n) is 7.99. The van der Waals surface area contributed by atoms with Gasteiger partial charge in [-0.05, 0) is 41.8 Å². The molecule has 0 aliphatic rings. The molecule has 3 rings (SSSR count). The zero-order valence-corrected chi connectivity index (χ0v) is 14.3. The molecule has 1 unspecified atom stereocenters. The van der Waals surface area contributed by atoms with Gasteiger partial charge >= 0.3 is 0 Å². The highest BCUT2D eigenvalue weighted by atomic mass is 16.3. The Morgan fingerprint density at radius 3 is 2.80 bits per heavy atom. The minimum Gasteiger partial charge on any atom is -0.374 e. The number of benzene rings is 2. The summed E-state index contributed by atoms with van der Waals surface area (Å²) in [5.74, 6) is -0.165. The van der Waals surface area contributed by atoms with Gasteiger partial charge in [0.15, 0.2) is 0 Å². The molecule has 1 amide bonds. The number of aliphatic hydroxyl groups is 1. The average Bonchev–Trinajstić information content (AvgIpc) is 3.01. The van der Waals surface area contributed by atoms with Crippen molar-refractivity contribution < 1.29 is 9.90 Å². The molecule has 25 heavy (non-hydrogen) atoms. The van der Waals surface area contributed by atoms with Crippen molar-refractivity contribution in [3.05, 3.63) is 66.4 Å². The van der Waals surface area contributed by atoms with Crippen molar-refractivity contribution in [1.29, 1.82) is 0 Å². The fourth-order valence-corrected chi connectivity index (χ4v) is 3.07. The molecular formula is C20H21N3O2. The lowest BCUT2D eigenvalue weighted by molar-refractivity contribution is -0.113. The van der Waals surface area contributed by atoms with E-state index in [4.69, 9.17) is 5.73 Å². The van der Waals surface area contributed by atoms with Crippen molar-refractivity contribution in [2.24, 2.45) is 5.73 Å². The van der Waals surface area contributed by atoms with Gasteiger partial charge in [0.2, 0.25) is 5.91 Å². The number of nitrogens with one attached hydrogen (secondary N) is 1. The maximum atomic E-state index is 11.9. The van der Waals surface area contributed by atoms with Crippen LogP contribution in [0.15, 0.2) is 55.3 Å². The number of nitrogens with zero attached hydrogens (tertiary/aromatic N) is 1. The lowest BCUT2D eigenvalue weighted by Gasteiger charge is -2.17. The number of rotatable bonds is 4. The number of aryl methyl sites for hydroxylation is 1. The third kappa shape index (κ3) is 2.95. The second kappa shape index (κ2) is 6.55. The molecule has 5 heteroatoms. The Morgan fingerprint density at radius 1 is 1.36 bits per heavy atom. The van der Waals surface area contributed by atoms with Crippen LogP contribution in [-0.2, 0) is 4.79 Å². The Kier molecular flexibility index (Phi) is 4.44. The third-order valence-corrected chi connectivity index (χ3v) is 4.43. The summed E-state index contributed by atoms with van der Waals surface area (Å²) in [4.78, 5) is 16.6. The molecule has 0 bridgehead atoms. The Hall–Kier alpha value is -2.89. The lowest BCUT2D eigenvalue weighted by atomic mass is 9.96. The van der Waals surface area contributed by atoms with Gasteiger partial charge in [-0.3, -0.25) is 4.79 Å². The average molecular weight is 335 g/mol. The number of anilines is 1. The number of carbonyl (C=O) groups is 1. The number of likely N-dealkylation sites (N-methyl/N-ethyl adjacent to an activating group) is 1. The normalized spacial score (nSPS) is 12.2. The van der Waals surface area contributed by atoms with Crippen molar-refractivity contribution >= 4 is 22.5 Å². The number of fused-ring (bicyclic) bond motifs is 1. The quantitative estimate of drug-likeness (QED) is 0.506. The van der Waals surface area contributed by atoms with Crippen LogP contribution < -0.4 is 10.6 Å². The molecule has 128 valence electrons. The highest BCUT2D eigenvalue weighted by Gasteiger charge is 2.15. The SMILES string of the molecule is C=CC(=O)N(C)c1cccc(-c2ccc(C(N)O)c3[nH]cc(C)c23)c1. The van der Waals surface area contributed by atoms with Gasteiger partial charge < -0.3 is 20.7 Å². The highest BCUT2D eigenvalue weighted by Crippen LogP contribution is 2.35. The molecule has 0 spiro atoms. The second-order valence-corrected chi connectivity index (χ2v) is 6.02. The zero-order valence-electron chi connectivity index (χ0n) is 14.3. The minimum atomic E-state index is -1.04. The van der Waals surface area contributed by atoms with Crippen molar-refractivity contribution in [3.63, 3.8) is 0 Å². The second-order valence-electron chi connectivity index (χ2n) is 6.02. The summed E-state index contributed by atoms with van der Waals surface area (Å²) < 4.78 is 0. The minimum absolute atomic E-state index is 0.165. The van der Waals surface area contributed by atoms with E-state index in [0.717, 1.165) is 33.3 Å². The molecule has 5 nitrogen and oxygen atoms in total. The molecule has 1 aromatic heterocycles. The van der Waals surface area contributed by atoms with Crippen LogP contribution in [0.4, 0.5) is 5.69 Å². The summed E-state index contributed by atoms with van der Waals surface area (Å²) in [5.41, 5.74) is 11.0. The van der Waals surface area contributed by atoms with Gasteiger partial charge in [0, 0.05) is 29.9 Å². The molecule has 0 fully saturated rings. The molecule has 1 heterocycles. The zero-order chi connectivity index (χ0) is 18.1. The first kappa shape index (κ1) is 17.0. The topological polar surface area (TPSA) is 82.3 Å². The maximum Gasteiger partial charge on any atom is 0.250 e. The number of aromatic amines is 1. The van der Waals surface area contributed by atoms with Crippen LogP contribution in [-0.4, -0.2) is 23.0 Å². The third-order valence-electron chi connectivity index (χ3n) is 4.43. The van der Waals surface area contributed by atoms with E-state index in [9.17, 15) is 9.90 Å². The molecule has 4 N–H and O–H groups in total. The van der Waals surface area contributed by atoms with Crippen molar-refractivity contribution in [3.8, 4) is 11.1 Å². The van der Waals surface area contributed by atoms with E-state index in [-0.39, 0.29) is 5.91 Å². The van der Waals surface area contributed by atoms with E-state index in [1.165, 1.54) is 6.08 Å². The Labute approximate surface area is 146 Å². The van der Waals surface area contributed by atoms with Gasteiger partial charge in [-0.25, -0.2) is 0 Å². The number of carbonyl (C=O) groups excluding carboxylic acids is 1. The van der Waals surface area contributed by atoms with Crippen molar-refractivity contribution in [2.45, 2.75) is 13.2 Å². The predicted molar refractivity (Wildman–Crippen MR) is 101 cm³/mol. The van der Waals surface area contributed by atoms with Crippen LogP contribution >= 0.6 is 0 Å². The van der Waals surface area contributed by atoms with Crippen LogP contribution in [0.1, 0.15) is 17.4 Å². The Bertz CT molecular complexity index is 957. The van der Waals surface area contributed by atoms with Gasteiger partial charge in [0.1, 0.15) is 6.23 Å². The summed E-state index contributed by atoms with van der Waals surface area (Å²) >= 11 is 0. The fraction of sp³-hybridized carbons (Fsp3) is 0.150. The van der Waals surface area contributed by atoms with Crippen LogP contribution in [0.3, 0.4) is 0 Å². The number of amides is 1. The van der Waals surface area contributed by atoms with E-state index in [1.54, 1.807) is 11.9 Å². The van der Waals surface area contributed by atoms with E-state index in [1.807, 2.05) is 49.5 Å². The molecule has 2 aromatic carbocycles. The molecule has 3 aromatic rings. The predicted octanol–water partition coefficient (Wildman–Crippen LogP) is 3.24. The van der Waals surface area contributed by atoms with E-state index in [2.05, 4.69) is 11.6 Å². The number of hydrogen-bond donors (Lipinski definition) is 3. The Morgan fingerprint density at radius 2 is 2.12 bits per heavy atom. The molecule has 0 saturated carbocycles. The smallest absolute Gasteiger partial charge is 0.250 e. The van der Waals surface area contributed by atoms with Gasteiger partial charge in [-0.2, -0.15) is 0 Å². The number of nitrogens with two attached hydrogens (primary N) is 1. The first-order chi connectivity index (χ1) is 11.9. The molecule has 0 radical (unpaired) electrons. The largest absolute Gasteiger partial charge is 0.374 e. The number of aliphatic hydroxyl groups excluding tert-OH is 1. The Balaban J connectivity index is 2.18. The monoisotopic (exact) mass is 335 g/mol. The van der Waals surface area contributed by atoms with E-state index < -0.39 is 6.23 Å². The molecule has 0 aliphatic heterocycles. The van der Waals surface area contributed by atoms with Gasteiger partial charge in [-0.1, -0.05) is 30.8 Å². The lowest BCUT2D eigenvalue weighted by Crippen LogP contribution is -2.23. The standard InChI is InChI=1S/C20H21N3O2/c1-4-17(24)23(3)14-7-5-6-13(10-14)15-8-9-16(20(21)25)19-18(15)12(2)11-22-19/h4-11,20,22,25H,1,21H2,2-3H3. The number of aromatic nitrogens is 1. The highest BCUT2D eigenvalue weighted by molar-refractivity contribution is 6.02. The number of H-pyrrole nitrogens is 1. The van der Waals surface area contributed by atoms with Gasteiger partial charge in [-0.15, -0.1) is 0 Å². The molecule has 1 atom stereocenters. The maximum absolute atomic E-state index is 11.9. The van der Waals surface area contributed by atoms with Crippen LogP contribution in [0.5, 0.6) is 0 Å². The van der Waals surface area contributed by atoms with Crippen molar-refractivity contribution in [1.82, 2.24) is 4.98 Å². The number of hydrogen-bond acceptors (Lipinski definition) is 3. The molecule has 0 aliphatic carbocycles. The van der Waals surface area contributed by atoms with Gasteiger partial charge in [0.25, 0.3) is 0 Å². The summed E-state index contributed by atoms with van der Waals surface area (Å²) in [7, 11) is 1.72. The molecule has 0 saturated heterocycles. The summed E-state index contributed by atoms with van der Waals surface area (Å²) in [6, 6.07) is 11.5. The summed E-state index contributed by atoms with van der Waals surface area (Å²) in [6.45, 7) is 5.53. The van der Waals surface area contributed by atoms with Crippen molar-refractivity contribution in [2.75, 3.05) is 11.9 Å². The van der Waals surface area contributed by atoms with E-state index >= 15 is 0 Å². The van der Waals surface area contributed by atoms with Crippen LogP contribution in [0, 0.1) is 6.92 Å². The van der Waals surface area contributed by atoms with Crippen LogP contribution in [0.25, 0.3) is 22.0 Å². The van der Waals surface area contributed by atoms with Crippen LogP contribution in [0.2, 0.25) is 0 Å². The van der Waals surface area contributed by atoms with E-state index in [0.29, 0.717) is 5.56 Å². The first-order valence-corrected chi connectivity index (χ1v) is 7.99. The molecular weight excluding hydrogens is 314 g/mol.